The maximum absolute atomic E-state index is 12.6. The van der Waals surface area contributed by atoms with Crippen LogP contribution in [0.4, 0.5) is 40.6 Å². The van der Waals surface area contributed by atoms with Gasteiger partial charge in [-0.25, -0.2) is 15.2 Å². The average molecular weight is 1060 g/mol. The first-order valence-electron chi connectivity index (χ1n) is 22.0. The van der Waals surface area contributed by atoms with Crippen molar-refractivity contribution in [2.75, 3.05) is 52.3 Å². The van der Waals surface area contributed by atoms with E-state index >= 15 is 0 Å². The number of likely N-dealkylation sites (tertiary alicyclic amines) is 1. The summed E-state index contributed by atoms with van der Waals surface area (Å²) in [5.41, 5.74) is 1.59. The smallest absolute Gasteiger partial charge is 0.295 e. The molecule has 7 aromatic rings. The topological polar surface area (TPSA) is 332 Å². The van der Waals surface area contributed by atoms with Crippen LogP contribution in [-0.4, -0.2) is 108 Å². The van der Waals surface area contributed by atoms with E-state index in [2.05, 4.69) is 50.8 Å². The van der Waals surface area contributed by atoms with Crippen molar-refractivity contribution in [2.24, 2.45) is 9.98 Å². The van der Waals surface area contributed by atoms with Crippen molar-refractivity contribution < 1.29 is 53.5 Å². The molecule has 1 atom stereocenters. The molecule has 0 amide bonds. The number of aromatic nitrogens is 3. The molecule has 0 radical (unpaired) electrons. The van der Waals surface area contributed by atoms with E-state index in [1.165, 1.54) is 30.3 Å². The Kier molecular flexibility index (Phi) is 13.2. The number of rotatable bonds is 14. The van der Waals surface area contributed by atoms with Crippen LogP contribution in [0.25, 0.3) is 32.3 Å². The molecule has 2 saturated heterocycles. The molecular weight excluding hydrogens is 1020 g/mol. The first-order chi connectivity index (χ1) is 34.4. The van der Waals surface area contributed by atoms with Crippen molar-refractivity contribution in [3.63, 3.8) is 0 Å². The predicted octanol–water partition coefficient (Wildman–Crippen LogP) is 6.81. The third-order valence-corrected chi connectivity index (χ3v) is 15.1. The van der Waals surface area contributed by atoms with Gasteiger partial charge in [-0.15, -0.1) is 4.33 Å². The SMILES string of the molecule is O=S(=O)(O)c1ccc2c(S(=O)(=O)O)cc(Nc3nc(Nc4cccc5c(NC6N=C(Nc7cc(S(=O)(=O)O)c8ccc(SOOO)cc8c7)NC(N7CCCC7)=N6)cccc45)nc(N4CCCC4)n3)cc2c1. The van der Waals surface area contributed by atoms with Crippen molar-refractivity contribution in [3.8, 4) is 0 Å². The summed E-state index contributed by atoms with van der Waals surface area (Å²) in [5.74, 6) is 1.19. The Bertz CT molecular complexity index is 3710. The van der Waals surface area contributed by atoms with Gasteiger partial charge < -0.3 is 31.1 Å². The Morgan fingerprint density at radius 3 is 1.82 bits per heavy atom. The molecule has 1 aromatic heterocycles. The van der Waals surface area contributed by atoms with E-state index in [0.717, 1.165) is 67.7 Å². The number of aliphatic imine (C=N–C) groups is 2. The van der Waals surface area contributed by atoms with E-state index in [1.807, 2.05) is 41.3 Å². The van der Waals surface area contributed by atoms with Gasteiger partial charge in [0, 0.05) is 75.4 Å². The minimum Gasteiger partial charge on any atom is -0.345 e. The molecule has 0 spiro atoms. The normalized spacial score (nSPS) is 16.5. The molecule has 4 heterocycles. The Balaban J connectivity index is 0.970. The maximum atomic E-state index is 12.6. The van der Waals surface area contributed by atoms with Crippen LogP contribution in [0.2, 0.25) is 0 Å². The third-order valence-electron chi connectivity index (χ3n) is 11.9. The second kappa shape index (κ2) is 19.6. The molecule has 0 saturated carbocycles. The highest BCUT2D eigenvalue weighted by atomic mass is 32.2. The van der Waals surface area contributed by atoms with Gasteiger partial charge in [-0.3, -0.25) is 19.0 Å². The van der Waals surface area contributed by atoms with E-state index < -0.39 is 46.4 Å². The van der Waals surface area contributed by atoms with E-state index in [4.69, 9.17) is 20.2 Å². The monoisotopic (exact) mass is 1060 g/mol. The van der Waals surface area contributed by atoms with Crippen LogP contribution in [0.3, 0.4) is 0 Å². The summed E-state index contributed by atoms with van der Waals surface area (Å²) < 4.78 is 109. The Hall–Kier alpha value is -6.99. The molecule has 10 rings (SSSR count). The van der Waals surface area contributed by atoms with Crippen molar-refractivity contribution in [3.05, 3.63) is 97.1 Å². The summed E-state index contributed by atoms with van der Waals surface area (Å²) in [6.07, 6.45) is 2.79. The number of nitrogens with zero attached hydrogens (tertiary/aromatic N) is 7. The van der Waals surface area contributed by atoms with Gasteiger partial charge in [-0.05, 0) is 97.1 Å². The van der Waals surface area contributed by atoms with Crippen LogP contribution in [0.15, 0.2) is 127 Å². The lowest BCUT2D eigenvalue weighted by atomic mass is 10.1. The molecule has 6 aromatic carbocycles. The number of nitrogens with one attached hydrogen (secondary N) is 5. The summed E-state index contributed by atoms with van der Waals surface area (Å²) in [6, 6.07) is 24.6. The zero-order valence-electron chi connectivity index (χ0n) is 37.3. The van der Waals surface area contributed by atoms with Gasteiger partial charge in [-0.2, -0.15) is 40.2 Å². The van der Waals surface area contributed by atoms with Crippen LogP contribution < -0.4 is 31.5 Å². The summed E-state index contributed by atoms with van der Waals surface area (Å²) in [7, 11) is -14.2. The quantitative estimate of drug-likeness (QED) is 0.0234. The number of hydrogen-bond donors (Lipinski definition) is 9. The fourth-order valence-electron chi connectivity index (χ4n) is 8.72. The van der Waals surface area contributed by atoms with Gasteiger partial charge in [0.1, 0.15) is 9.79 Å². The molecule has 1 unspecified atom stereocenters. The average Bonchev–Trinajstić information content (AvgIpc) is 4.09. The van der Waals surface area contributed by atoms with Crippen molar-refractivity contribution >= 4 is 127 Å². The van der Waals surface area contributed by atoms with Crippen LogP contribution in [0.5, 0.6) is 0 Å². The van der Waals surface area contributed by atoms with Crippen LogP contribution in [0.1, 0.15) is 25.7 Å². The first kappa shape index (κ1) is 48.6. The van der Waals surface area contributed by atoms with E-state index in [1.54, 1.807) is 12.1 Å². The lowest BCUT2D eigenvalue weighted by Crippen LogP contribution is -2.49. The van der Waals surface area contributed by atoms with E-state index in [0.29, 0.717) is 58.7 Å². The largest absolute Gasteiger partial charge is 0.345 e. The van der Waals surface area contributed by atoms with Gasteiger partial charge in [0.2, 0.25) is 36.1 Å². The summed E-state index contributed by atoms with van der Waals surface area (Å²) >= 11 is 0.687. The second-order valence-corrected chi connectivity index (χ2v) is 21.7. The van der Waals surface area contributed by atoms with Crippen LogP contribution >= 0.6 is 12.0 Å². The van der Waals surface area contributed by atoms with Crippen LogP contribution in [0, 0.1) is 0 Å². The molecule has 28 heteroatoms. The Morgan fingerprint density at radius 1 is 0.597 bits per heavy atom. The molecule has 374 valence electrons. The zero-order valence-corrected chi connectivity index (χ0v) is 40.6. The molecule has 72 heavy (non-hydrogen) atoms. The molecule has 24 nitrogen and oxygen atoms in total. The highest BCUT2D eigenvalue weighted by molar-refractivity contribution is 7.94. The molecule has 3 aliphatic heterocycles. The van der Waals surface area contributed by atoms with Gasteiger partial charge in [-0.1, -0.05) is 41.4 Å². The number of guanidine groups is 2. The Morgan fingerprint density at radius 2 is 1.18 bits per heavy atom. The second-order valence-electron chi connectivity index (χ2n) is 16.7. The molecular formula is C44H42N12O12S4. The highest BCUT2D eigenvalue weighted by Gasteiger charge is 2.26. The number of benzene rings is 6. The minimum atomic E-state index is -4.83. The number of fused-ring (bicyclic) bond motifs is 3. The minimum absolute atomic E-state index is 0.00665. The lowest BCUT2D eigenvalue weighted by Gasteiger charge is -2.28. The third kappa shape index (κ3) is 10.6. The van der Waals surface area contributed by atoms with Crippen LogP contribution in [-0.2, 0) is 39.7 Å². The summed E-state index contributed by atoms with van der Waals surface area (Å²) in [5, 5.41) is 30.7. The summed E-state index contributed by atoms with van der Waals surface area (Å²) in [4.78, 5) is 26.9. The Labute approximate surface area is 414 Å². The number of hydrogen-bond acceptors (Lipinski definition) is 22. The fourth-order valence-corrected chi connectivity index (χ4v) is 11.1. The van der Waals surface area contributed by atoms with Crippen molar-refractivity contribution in [1.29, 1.82) is 0 Å². The standard InChI is InChI=1S/C44H42N12O12S4/c57-67-68-69-29-11-13-31-25(21-29)19-27(23-37(31)71(61,62)63)45-39-49-41(53-43(51-39)55-15-1-2-16-55)47-35-9-5-8-34-33(35)7-6-10-36(34)48-42-50-40(52-44(54-42)56-17-3-4-18-56)46-28-20-26-22-30(70(58,59)60)12-14-32(26)38(24-28)72(64,65)66/h5-14,19-24,41,47,57H,1-4,15-18H2,(H,58,59,60)(H,61,62,63)(H,64,65,66)(H2,45,49,51,53)(H2,46,48,50,52,54). The predicted molar refractivity (Wildman–Crippen MR) is 270 cm³/mol. The van der Waals surface area contributed by atoms with Gasteiger partial charge in [0.15, 0.2) is 0 Å². The van der Waals surface area contributed by atoms with Crippen molar-refractivity contribution in [2.45, 2.75) is 51.6 Å². The number of anilines is 7. The highest BCUT2D eigenvalue weighted by Crippen LogP contribution is 2.35. The zero-order chi connectivity index (χ0) is 50.4. The first-order valence-corrected chi connectivity index (χ1v) is 27.0. The lowest BCUT2D eigenvalue weighted by molar-refractivity contribution is -0.432. The maximum Gasteiger partial charge on any atom is 0.295 e. The van der Waals surface area contributed by atoms with Gasteiger partial charge in [0.25, 0.3) is 30.4 Å². The molecule has 3 aliphatic rings. The molecule has 0 bridgehead atoms. The van der Waals surface area contributed by atoms with E-state index in [-0.39, 0.29) is 50.3 Å². The molecule has 9 N–H and O–H groups in total. The van der Waals surface area contributed by atoms with Gasteiger partial charge in [0.05, 0.1) is 16.9 Å². The molecule has 0 aliphatic carbocycles. The van der Waals surface area contributed by atoms with Gasteiger partial charge >= 0.3 is 0 Å². The van der Waals surface area contributed by atoms with E-state index in [9.17, 15) is 38.9 Å². The van der Waals surface area contributed by atoms with Crippen molar-refractivity contribution in [1.82, 2.24) is 25.2 Å². The fraction of sp³-hybridized carbons (Fsp3) is 0.205. The molecule has 2 fully saturated rings. The summed E-state index contributed by atoms with van der Waals surface area (Å²) in [6.45, 7) is 2.80.